The van der Waals surface area contributed by atoms with Gasteiger partial charge in [-0.25, -0.2) is 19.4 Å². The molecule has 1 aliphatic rings. The predicted octanol–water partition coefficient (Wildman–Crippen LogP) is 4.46. The van der Waals surface area contributed by atoms with Crippen LogP contribution in [0.25, 0.3) is 0 Å². The fourth-order valence-corrected chi connectivity index (χ4v) is 2.65. The van der Waals surface area contributed by atoms with Crippen molar-refractivity contribution in [3.8, 4) is 0 Å². The highest BCUT2D eigenvalue weighted by atomic mass is 17.4. The standard InChI is InChI=1S/C21H32O9/c1-10-11-19(4,5)26-18(24)27-21(8,9)30-20(6,7)25-16(23)13(2)12-15(22)14(3)17-28-29-17/h12H,10-11H2,1-9H3/b13-12+. The van der Waals surface area contributed by atoms with Gasteiger partial charge in [0.25, 0.3) is 0 Å². The van der Waals surface area contributed by atoms with Crippen LogP contribution in [0.3, 0.4) is 0 Å². The van der Waals surface area contributed by atoms with Crippen molar-refractivity contribution >= 4 is 17.9 Å². The van der Waals surface area contributed by atoms with Gasteiger partial charge in [0.15, 0.2) is 5.78 Å². The lowest BCUT2D eigenvalue weighted by Gasteiger charge is -2.35. The molecule has 30 heavy (non-hydrogen) atoms. The number of hydrogen-bond acceptors (Lipinski definition) is 9. The zero-order valence-electron chi connectivity index (χ0n) is 19.2. The fourth-order valence-electron chi connectivity index (χ4n) is 2.65. The molecule has 0 unspecified atom stereocenters. The topological polar surface area (TPSA) is 113 Å². The Labute approximate surface area is 177 Å². The Morgan fingerprint density at radius 2 is 1.43 bits per heavy atom. The Hall–Kier alpha value is -2.55. The maximum Gasteiger partial charge on any atom is 0.511 e. The number of allylic oxidation sites excluding steroid dienone is 2. The molecule has 0 amide bonds. The third-order valence-corrected chi connectivity index (χ3v) is 3.88. The molecular formula is C21H32O9. The molecule has 0 N–H and O–H groups in total. The molecule has 0 aliphatic carbocycles. The quantitative estimate of drug-likeness (QED) is 0.164. The number of ketones is 1. The molecule has 9 nitrogen and oxygen atoms in total. The Bertz CT molecular complexity index is 736. The molecule has 1 rings (SSSR count). The molecule has 0 bridgehead atoms. The van der Waals surface area contributed by atoms with Crippen LogP contribution < -0.4 is 0 Å². The van der Waals surface area contributed by atoms with Gasteiger partial charge in [-0.05, 0) is 40.2 Å². The average molecular weight is 428 g/mol. The zero-order valence-corrected chi connectivity index (χ0v) is 19.2. The van der Waals surface area contributed by atoms with Crippen LogP contribution in [-0.2, 0) is 38.3 Å². The molecule has 0 radical (unpaired) electrons. The van der Waals surface area contributed by atoms with E-state index in [4.69, 9.17) is 18.9 Å². The van der Waals surface area contributed by atoms with Gasteiger partial charge in [0.05, 0.1) is 5.57 Å². The summed E-state index contributed by atoms with van der Waals surface area (Å²) in [5.41, 5.74) is -0.393. The van der Waals surface area contributed by atoms with E-state index in [9.17, 15) is 14.4 Å². The Morgan fingerprint density at radius 1 is 0.900 bits per heavy atom. The minimum absolute atomic E-state index is 0.0525. The Balaban J connectivity index is 2.69. The lowest BCUT2D eigenvalue weighted by Crippen LogP contribution is -2.44. The highest BCUT2D eigenvalue weighted by molar-refractivity contribution is 6.08. The Kier molecular flexibility index (Phi) is 8.08. The normalized spacial score (nSPS) is 14.3. The van der Waals surface area contributed by atoms with Gasteiger partial charge in [-0.1, -0.05) is 13.3 Å². The van der Waals surface area contributed by atoms with Crippen molar-refractivity contribution in [2.75, 3.05) is 0 Å². The third-order valence-electron chi connectivity index (χ3n) is 3.88. The first kappa shape index (κ1) is 25.5. The number of carbonyl (C=O) groups is 3. The summed E-state index contributed by atoms with van der Waals surface area (Å²) in [6, 6.07) is 0. The molecule has 1 fully saturated rings. The molecule has 0 aromatic carbocycles. The third kappa shape index (κ3) is 8.86. The first-order valence-electron chi connectivity index (χ1n) is 9.71. The Morgan fingerprint density at radius 3 is 1.93 bits per heavy atom. The zero-order chi connectivity index (χ0) is 23.3. The molecule has 1 heterocycles. The van der Waals surface area contributed by atoms with E-state index in [0.29, 0.717) is 6.42 Å². The molecule has 0 aromatic rings. The molecule has 0 atom stereocenters. The summed E-state index contributed by atoms with van der Waals surface area (Å²) >= 11 is 0. The van der Waals surface area contributed by atoms with Gasteiger partial charge in [-0.15, -0.1) is 0 Å². The minimum Gasteiger partial charge on any atom is -0.430 e. The maximum atomic E-state index is 12.3. The number of rotatable bonds is 10. The molecule has 0 spiro atoms. The van der Waals surface area contributed by atoms with Crippen LogP contribution in [0.5, 0.6) is 0 Å². The van der Waals surface area contributed by atoms with Gasteiger partial charge in [0, 0.05) is 33.3 Å². The number of carbonyl (C=O) groups excluding carboxylic acids is 3. The summed E-state index contributed by atoms with van der Waals surface area (Å²) in [6.45, 7) is 14.4. The lowest BCUT2D eigenvalue weighted by atomic mass is 10.0. The van der Waals surface area contributed by atoms with Crippen molar-refractivity contribution in [2.24, 2.45) is 0 Å². The van der Waals surface area contributed by atoms with E-state index in [1.54, 1.807) is 13.8 Å². The summed E-state index contributed by atoms with van der Waals surface area (Å²) < 4.78 is 21.6. The highest BCUT2D eigenvalue weighted by Gasteiger charge is 2.37. The van der Waals surface area contributed by atoms with Crippen LogP contribution >= 0.6 is 0 Å². The van der Waals surface area contributed by atoms with E-state index >= 15 is 0 Å². The SMILES string of the molecule is CCCC(C)(C)OC(=O)OC(C)(C)OC(C)(C)OC(=O)/C(C)=C/C(=O)C(C)=C1OO1. The van der Waals surface area contributed by atoms with E-state index in [1.807, 2.05) is 6.92 Å². The largest absolute Gasteiger partial charge is 0.511 e. The van der Waals surface area contributed by atoms with E-state index in [-0.39, 0.29) is 17.1 Å². The second-order valence-corrected chi connectivity index (χ2v) is 8.53. The van der Waals surface area contributed by atoms with E-state index in [2.05, 4.69) is 9.78 Å². The molecule has 9 heteroatoms. The van der Waals surface area contributed by atoms with E-state index in [1.165, 1.54) is 41.5 Å². The monoisotopic (exact) mass is 428 g/mol. The van der Waals surface area contributed by atoms with Crippen molar-refractivity contribution in [2.45, 2.75) is 92.3 Å². The predicted molar refractivity (Wildman–Crippen MR) is 106 cm³/mol. The van der Waals surface area contributed by atoms with Crippen LogP contribution in [0.15, 0.2) is 23.2 Å². The lowest BCUT2D eigenvalue weighted by molar-refractivity contribution is -0.310. The van der Waals surface area contributed by atoms with Gasteiger partial charge in [-0.2, -0.15) is 0 Å². The van der Waals surface area contributed by atoms with Crippen molar-refractivity contribution in [3.63, 3.8) is 0 Å². The molecule has 1 aliphatic heterocycles. The van der Waals surface area contributed by atoms with Crippen LogP contribution in [-0.4, -0.2) is 35.1 Å². The first-order valence-corrected chi connectivity index (χ1v) is 9.71. The maximum absolute atomic E-state index is 12.3. The summed E-state index contributed by atoms with van der Waals surface area (Å²) in [5.74, 6) is -4.01. The summed E-state index contributed by atoms with van der Waals surface area (Å²) in [5, 5.41) is 0. The highest BCUT2D eigenvalue weighted by Crippen LogP contribution is 2.26. The average Bonchev–Trinajstić information content (AvgIpc) is 3.35. The fraction of sp³-hybridized carbons (Fsp3) is 0.667. The van der Waals surface area contributed by atoms with Gasteiger partial charge in [-0.3, -0.25) is 9.53 Å². The summed E-state index contributed by atoms with van der Waals surface area (Å²) in [4.78, 5) is 45.4. The molecular weight excluding hydrogens is 396 g/mol. The second kappa shape index (κ2) is 9.51. The summed E-state index contributed by atoms with van der Waals surface area (Å²) in [7, 11) is 0. The molecule has 1 saturated heterocycles. The van der Waals surface area contributed by atoms with E-state index in [0.717, 1.165) is 12.5 Å². The first-order chi connectivity index (χ1) is 13.6. The van der Waals surface area contributed by atoms with Crippen molar-refractivity contribution in [1.82, 2.24) is 0 Å². The van der Waals surface area contributed by atoms with Gasteiger partial charge in [0.2, 0.25) is 11.6 Å². The molecule has 170 valence electrons. The van der Waals surface area contributed by atoms with E-state index < -0.39 is 35.1 Å². The van der Waals surface area contributed by atoms with Crippen molar-refractivity contribution in [1.29, 1.82) is 0 Å². The van der Waals surface area contributed by atoms with Crippen LogP contribution in [0.2, 0.25) is 0 Å². The smallest absolute Gasteiger partial charge is 0.430 e. The van der Waals surface area contributed by atoms with Crippen molar-refractivity contribution < 1.29 is 43.1 Å². The van der Waals surface area contributed by atoms with Gasteiger partial charge in [0.1, 0.15) is 5.60 Å². The van der Waals surface area contributed by atoms with Crippen LogP contribution in [0.4, 0.5) is 4.79 Å². The molecule has 0 saturated carbocycles. The van der Waals surface area contributed by atoms with Gasteiger partial charge < -0.3 is 14.2 Å². The second-order valence-electron chi connectivity index (χ2n) is 8.53. The number of ether oxygens (including phenoxy) is 4. The number of hydrogen-bond donors (Lipinski definition) is 0. The number of esters is 1. The van der Waals surface area contributed by atoms with Crippen LogP contribution in [0, 0.1) is 0 Å². The minimum atomic E-state index is -1.46. The molecule has 0 aromatic heterocycles. The summed E-state index contributed by atoms with van der Waals surface area (Å²) in [6.07, 6.45) is 1.73. The van der Waals surface area contributed by atoms with Crippen molar-refractivity contribution in [3.05, 3.63) is 23.2 Å². The van der Waals surface area contributed by atoms with Crippen LogP contribution in [0.1, 0.15) is 75.2 Å². The van der Waals surface area contributed by atoms with Gasteiger partial charge >= 0.3 is 18.1 Å².